The number of hydrogen-bond acceptors (Lipinski definition) is 6. The highest BCUT2D eigenvalue weighted by atomic mass is 16.6. The zero-order valence-electron chi connectivity index (χ0n) is 11.5. The van der Waals surface area contributed by atoms with Gasteiger partial charge in [-0.25, -0.2) is 14.8 Å². The first-order chi connectivity index (χ1) is 9.99. The first kappa shape index (κ1) is 14.6. The smallest absolute Gasteiger partial charge is 0.342 e. The van der Waals surface area contributed by atoms with Crippen molar-refractivity contribution in [3.8, 4) is 11.3 Å². The largest absolute Gasteiger partial charge is 0.459 e. The second-order valence-electron chi connectivity index (χ2n) is 4.55. The third-order valence-corrected chi connectivity index (χ3v) is 2.61. The number of ether oxygens (including phenoxy) is 1. The molecule has 0 bridgehead atoms. The number of aromatic nitrogens is 2. The van der Waals surface area contributed by atoms with Crippen molar-refractivity contribution in [2.24, 2.45) is 0 Å². The van der Waals surface area contributed by atoms with Crippen molar-refractivity contribution in [3.05, 3.63) is 52.5 Å². The minimum absolute atomic E-state index is 0.0747. The molecule has 0 fully saturated rings. The lowest BCUT2D eigenvalue weighted by molar-refractivity contribution is -0.384. The molecule has 0 aliphatic heterocycles. The van der Waals surface area contributed by atoms with Gasteiger partial charge in [0.25, 0.3) is 5.69 Å². The molecule has 1 aromatic heterocycles. The Morgan fingerprint density at radius 2 is 2.14 bits per heavy atom. The van der Waals surface area contributed by atoms with Gasteiger partial charge in [-0.05, 0) is 13.8 Å². The van der Waals surface area contributed by atoms with Gasteiger partial charge in [0.1, 0.15) is 11.9 Å². The number of nitro groups is 1. The molecule has 7 nitrogen and oxygen atoms in total. The lowest BCUT2D eigenvalue weighted by atomic mass is 10.1. The highest BCUT2D eigenvalue weighted by Crippen LogP contribution is 2.25. The Bertz CT molecular complexity index is 685. The number of carbonyl (C=O) groups is 1. The van der Waals surface area contributed by atoms with Crippen molar-refractivity contribution in [2.45, 2.75) is 20.0 Å². The van der Waals surface area contributed by atoms with Crippen LogP contribution in [0.3, 0.4) is 0 Å². The first-order valence-electron chi connectivity index (χ1n) is 6.25. The molecular formula is C14H13N3O4. The zero-order valence-corrected chi connectivity index (χ0v) is 11.5. The molecule has 1 aromatic carbocycles. The van der Waals surface area contributed by atoms with E-state index in [0.29, 0.717) is 11.3 Å². The third-order valence-electron chi connectivity index (χ3n) is 2.61. The van der Waals surface area contributed by atoms with Crippen LogP contribution in [0.2, 0.25) is 0 Å². The Balaban J connectivity index is 2.47. The minimum Gasteiger partial charge on any atom is -0.459 e. The molecule has 0 N–H and O–H groups in total. The van der Waals surface area contributed by atoms with E-state index < -0.39 is 10.9 Å². The van der Waals surface area contributed by atoms with Gasteiger partial charge in [-0.3, -0.25) is 10.1 Å². The van der Waals surface area contributed by atoms with Gasteiger partial charge in [0, 0.05) is 23.9 Å². The Hall–Kier alpha value is -2.83. The Morgan fingerprint density at radius 3 is 2.81 bits per heavy atom. The quantitative estimate of drug-likeness (QED) is 0.487. The Kier molecular flexibility index (Phi) is 4.22. The van der Waals surface area contributed by atoms with Gasteiger partial charge in [-0.1, -0.05) is 12.1 Å². The molecule has 2 rings (SSSR count). The van der Waals surface area contributed by atoms with Crippen LogP contribution in [0.25, 0.3) is 11.3 Å². The van der Waals surface area contributed by atoms with E-state index in [9.17, 15) is 14.9 Å². The molecule has 0 radical (unpaired) electrons. The number of nitrogens with zero attached hydrogens (tertiary/aromatic N) is 3. The van der Waals surface area contributed by atoms with Gasteiger partial charge in [0.15, 0.2) is 0 Å². The lowest BCUT2D eigenvalue weighted by Crippen LogP contribution is -2.13. The van der Waals surface area contributed by atoms with Crippen LogP contribution in [0.15, 0.2) is 36.8 Å². The van der Waals surface area contributed by atoms with Crippen molar-refractivity contribution < 1.29 is 14.5 Å². The van der Waals surface area contributed by atoms with Crippen LogP contribution in [0.5, 0.6) is 0 Å². The highest BCUT2D eigenvalue weighted by molar-refractivity contribution is 5.95. The molecule has 0 unspecified atom stereocenters. The summed E-state index contributed by atoms with van der Waals surface area (Å²) < 4.78 is 5.12. The number of hydrogen-bond donors (Lipinski definition) is 0. The van der Waals surface area contributed by atoms with E-state index >= 15 is 0 Å². The van der Waals surface area contributed by atoms with E-state index in [1.807, 2.05) is 0 Å². The molecule has 7 heteroatoms. The number of rotatable bonds is 4. The fraction of sp³-hybridized carbons (Fsp3) is 0.214. The normalized spacial score (nSPS) is 10.4. The maximum absolute atomic E-state index is 12.0. The van der Waals surface area contributed by atoms with Crippen LogP contribution in [0.4, 0.5) is 5.69 Å². The number of non-ortho nitro benzene ring substituents is 1. The molecule has 0 aliphatic carbocycles. The van der Waals surface area contributed by atoms with Crippen molar-refractivity contribution in [3.63, 3.8) is 0 Å². The van der Waals surface area contributed by atoms with Gasteiger partial charge in [-0.2, -0.15) is 0 Å². The molecule has 0 spiro atoms. The summed E-state index contributed by atoms with van der Waals surface area (Å²) in [7, 11) is 0. The summed E-state index contributed by atoms with van der Waals surface area (Å²) in [5, 5.41) is 10.8. The standard InChI is InChI=1S/C14H13N3O4/c1-9(2)21-14(18)12-7-15-8-16-13(12)10-4-3-5-11(6-10)17(19)20/h3-9H,1-2H3. The summed E-state index contributed by atoms with van der Waals surface area (Å²) in [4.78, 5) is 30.2. The highest BCUT2D eigenvalue weighted by Gasteiger charge is 2.18. The molecule has 0 aliphatic rings. The average molecular weight is 287 g/mol. The summed E-state index contributed by atoms with van der Waals surface area (Å²) in [6.45, 7) is 3.46. The average Bonchev–Trinajstić information content (AvgIpc) is 2.46. The van der Waals surface area contributed by atoms with Crippen molar-refractivity contribution >= 4 is 11.7 Å². The van der Waals surface area contributed by atoms with Crippen LogP contribution in [0, 0.1) is 10.1 Å². The second-order valence-corrected chi connectivity index (χ2v) is 4.55. The number of esters is 1. The summed E-state index contributed by atoms with van der Waals surface area (Å²) >= 11 is 0. The van der Waals surface area contributed by atoms with E-state index in [0.717, 1.165) is 0 Å². The van der Waals surface area contributed by atoms with Crippen molar-refractivity contribution in [1.82, 2.24) is 9.97 Å². The third kappa shape index (κ3) is 3.38. The Labute approximate surface area is 120 Å². The molecule has 0 amide bonds. The summed E-state index contributed by atoms with van der Waals surface area (Å²) in [5.41, 5.74) is 0.864. The number of benzene rings is 1. The van der Waals surface area contributed by atoms with Gasteiger partial charge in [-0.15, -0.1) is 0 Å². The molecule has 21 heavy (non-hydrogen) atoms. The topological polar surface area (TPSA) is 95.2 Å². The first-order valence-corrected chi connectivity index (χ1v) is 6.25. The van der Waals surface area contributed by atoms with Crippen molar-refractivity contribution in [1.29, 1.82) is 0 Å². The predicted octanol–water partition coefficient (Wildman–Crippen LogP) is 2.62. The summed E-state index contributed by atoms with van der Waals surface area (Å²) in [6.07, 6.45) is 2.34. The van der Waals surface area contributed by atoms with Gasteiger partial charge >= 0.3 is 5.97 Å². The van der Waals surface area contributed by atoms with Crippen LogP contribution in [-0.4, -0.2) is 27.0 Å². The number of carbonyl (C=O) groups excluding carboxylic acids is 1. The molecule has 2 aromatic rings. The van der Waals surface area contributed by atoms with E-state index in [1.54, 1.807) is 19.9 Å². The van der Waals surface area contributed by atoms with Crippen LogP contribution >= 0.6 is 0 Å². The van der Waals surface area contributed by atoms with E-state index in [-0.39, 0.29) is 17.4 Å². The zero-order chi connectivity index (χ0) is 15.4. The molecule has 1 heterocycles. The van der Waals surface area contributed by atoms with Gasteiger partial charge in [0.2, 0.25) is 0 Å². The molecule has 108 valence electrons. The summed E-state index contributed by atoms with van der Waals surface area (Å²) in [5.74, 6) is -0.563. The van der Waals surface area contributed by atoms with Crippen LogP contribution in [0.1, 0.15) is 24.2 Å². The SMILES string of the molecule is CC(C)OC(=O)c1cncnc1-c1cccc([N+](=O)[O-])c1. The van der Waals surface area contributed by atoms with E-state index in [4.69, 9.17) is 4.74 Å². The fourth-order valence-corrected chi connectivity index (χ4v) is 1.75. The summed E-state index contributed by atoms with van der Waals surface area (Å²) in [6, 6.07) is 5.90. The fourth-order valence-electron chi connectivity index (χ4n) is 1.75. The Morgan fingerprint density at radius 1 is 1.38 bits per heavy atom. The van der Waals surface area contributed by atoms with Crippen LogP contribution < -0.4 is 0 Å². The molecular weight excluding hydrogens is 274 g/mol. The lowest BCUT2D eigenvalue weighted by Gasteiger charge is -2.10. The monoisotopic (exact) mass is 287 g/mol. The van der Waals surface area contributed by atoms with Crippen LogP contribution in [-0.2, 0) is 4.74 Å². The molecule has 0 atom stereocenters. The minimum atomic E-state index is -0.563. The van der Waals surface area contributed by atoms with E-state index in [1.165, 1.54) is 30.7 Å². The van der Waals surface area contributed by atoms with Gasteiger partial charge < -0.3 is 4.74 Å². The number of nitro benzene ring substituents is 1. The molecule has 0 saturated heterocycles. The maximum atomic E-state index is 12.0. The second kappa shape index (κ2) is 6.08. The maximum Gasteiger partial charge on any atom is 0.342 e. The van der Waals surface area contributed by atoms with Crippen molar-refractivity contribution in [2.75, 3.05) is 0 Å². The van der Waals surface area contributed by atoms with E-state index in [2.05, 4.69) is 9.97 Å². The predicted molar refractivity (Wildman–Crippen MR) is 74.7 cm³/mol. The molecule has 0 saturated carbocycles. The van der Waals surface area contributed by atoms with Gasteiger partial charge in [0.05, 0.1) is 16.7 Å².